The van der Waals surface area contributed by atoms with E-state index in [4.69, 9.17) is 4.74 Å². The first-order valence-electron chi connectivity index (χ1n) is 10.1. The van der Waals surface area contributed by atoms with Gasteiger partial charge in [0.1, 0.15) is 17.7 Å². The molecule has 170 valence electrons. The number of aromatic nitrogens is 2. The van der Waals surface area contributed by atoms with E-state index in [2.05, 4.69) is 5.10 Å². The van der Waals surface area contributed by atoms with Crippen molar-refractivity contribution in [2.45, 2.75) is 25.2 Å². The van der Waals surface area contributed by atoms with Crippen molar-refractivity contribution in [1.29, 1.82) is 0 Å². The lowest BCUT2D eigenvalue weighted by Crippen LogP contribution is -2.45. The van der Waals surface area contributed by atoms with Gasteiger partial charge in [-0.15, -0.1) is 0 Å². The van der Waals surface area contributed by atoms with Gasteiger partial charge in [-0.3, -0.25) is 4.79 Å². The highest BCUT2D eigenvalue weighted by Crippen LogP contribution is 2.29. The summed E-state index contributed by atoms with van der Waals surface area (Å²) in [5, 5.41) is 7.02. The molecule has 3 aromatic carbocycles. The largest absolute Gasteiger partial charge is 0.484 e. The van der Waals surface area contributed by atoms with E-state index >= 15 is 0 Å². The molecule has 1 heterocycles. The molecule has 1 aromatic heterocycles. The molecule has 0 spiro atoms. The van der Waals surface area contributed by atoms with Gasteiger partial charge in [0.2, 0.25) is 0 Å². The number of benzene rings is 3. The first-order valence-corrected chi connectivity index (χ1v) is 10.1. The molecule has 2 atom stereocenters. The highest BCUT2D eigenvalue weighted by molar-refractivity contribution is 5.82. The number of ether oxygens (including phenoxy) is 1. The molecule has 4 rings (SSSR count). The standard InChI is InChI=1S/C24H19F4N3O2/c1-15(30-23(32)24(26,27)28)22(16-5-3-2-4-6-16)33-20-11-12-21-17(13-20)14-29-31(21)19-9-7-18(25)8-10-19/h2-15,22H,1H3,(H,30,32). The number of fused-ring (bicyclic) bond motifs is 1. The number of alkyl halides is 3. The normalized spacial score (nSPS) is 13.5. The van der Waals surface area contributed by atoms with Crippen LogP contribution in [0, 0.1) is 5.82 Å². The van der Waals surface area contributed by atoms with E-state index in [9.17, 15) is 22.4 Å². The van der Waals surface area contributed by atoms with E-state index in [1.165, 1.54) is 19.1 Å². The summed E-state index contributed by atoms with van der Waals surface area (Å²) in [6, 6.07) is 18.7. The molecular formula is C24H19F4N3O2. The number of hydrogen-bond donors (Lipinski definition) is 1. The van der Waals surface area contributed by atoms with Crippen molar-refractivity contribution in [3.8, 4) is 11.4 Å². The lowest BCUT2D eigenvalue weighted by molar-refractivity contribution is -0.174. The lowest BCUT2D eigenvalue weighted by atomic mass is 10.0. The summed E-state index contributed by atoms with van der Waals surface area (Å²) in [5.74, 6) is -2.00. The number of hydrogen-bond acceptors (Lipinski definition) is 3. The van der Waals surface area contributed by atoms with E-state index in [0.717, 1.165) is 10.9 Å². The molecule has 1 amide bonds. The molecule has 0 aliphatic heterocycles. The van der Waals surface area contributed by atoms with E-state index < -0.39 is 24.2 Å². The van der Waals surface area contributed by atoms with Gasteiger partial charge in [0.15, 0.2) is 0 Å². The summed E-state index contributed by atoms with van der Waals surface area (Å²) in [7, 11) is 0. The third-order valence-electron chi connectivity index (χ3n) is 5.07. The zero-order valence-corrected chi connectivity index (χ0v) is 17.4. The second kappa shape index (κ2) is 8.93. The van der Waals surface area contributed by atoms with Crippen molar-refractivity contribution < 1.29 is 27.1 Å². The van der Waals surface area contributed by atoms with Crippen LogP contribution in [-0.2, 0) is 4.79 Å². The zero-order chi connectivity index (χ0) is 23.6. The van der Waals surface area contributed by atoms with Gasteiger partial charge in [-0.05, 0) is 55.0 Å². The van der Waals surface area contributed by atoms with E-state index in [1.807, 2.05) is 5.32 Å². The number of nitrogens with one attached hydrogen (secondary N) is 1. The van der Waals surface area contributed by atoms with Crippen molar-refractivity contribution in [2.75, 3.05) is 0 Å². The number of carbonyl (C=O) groups excluding carboxylic acids is 1. The van der Waals surface area contributed by atoms with Crippen molar-refractivity contribution in [3.05, 3.63) is 90.4 Å². The molecule has 0 saturated heterocycles. The Morgan fingerprint density at radius 2 is 1.73 bits per heavy atom. The Balaban J connectivity index is 1.62. The van der Waals surface area contributed by atoms with Crippen LogP contribution in [0.4, 0.5) is 17.6 Å². The fraction of sp³-hybridized carbons (Fsp3) is 0.167. The minimum absolute atomic E-state index is 0.357. The summed E-state index contributed by atoms with van der Waals surface area (Å²) in [5.41, 5.74) is 2.02. The van der Waals surface area contributed by atoms with Crippen molar-refractivity contribution in [1.82, 2.24) is 15.1 Å². The Kier molecular flexibility index (Phi) is 6.04. The Hall–Kier alpha value is -3.88. The van der Waals surface area contributed by atoms with Crippen LogP contribution < -0.4 is 10.1 Å². The van der Waals surface area contributed by atoms with Crippen molar-refractivity contribution in [3.63, 3.8) is 0 Å². The topological polar surface area (TPSA) is 56.1 Å². The molecule has 0 saturated carbocycles. The fourth-order valence-corrected chi connectivity index (χ4v) is 3.48. The quantitative estimate of drug-likeness (QED) is 0.397. The molecule has 33 heavy (non-hydrogen) atoms. The van der Waals surface area contributed by atoms with Crippen LogP contribution in [-0.4, -0.2) is 27.9 Å². The third-order valence-corrected chi connectivity index (χ3v) is 5.07. The SMILES string of the molecule is CC(NC(=O)C(F)(F)F)C(Oc1ccc2c(cnn2-c2ccc(F)cc2)c1)c1ccccc1. The Bertz CT molecular complexity index is 1250. The van der Waals surface area contributed by atoms with Gasteiger partial charge in [-0.1, -0.05) is 30.3 Å². The molecule has 5 nitrogen and oxygen atoms in total. The van der Waals surface area contributed by atoms with Gasteiger partial charge < -0.3 is 10.1 Å². The van der Waals surface area contributed by atoms with Crippen molar-refractivity contribution in [2.24, 2.45) is 0 Å². The summed E-state index contributed by atoms with van der Waals surface area (Å²) >= 11 is 0. The Labute approximate surface area is 186 Å². The monoisotopic (exact) mass is 457 g/mol. The maximum Gasteiger partial charge on any atom is 0.471 e. The minimum Gasteiger partial charge on any atom is -0.484 e. The molecule has 2 unspecified atom stereocenters. The summed E-state index contributed by atoms with van der Waals surface area (Å²) in [6.07, 6.45) is -4.26. The average molecular weight is 457 g/mol. The molecule has 0 fully saturated rings. The Morgan fingerprint density at radius 3 is 2.39 bits per heavy atom. The molecule has 0 aliphatic rings. The zero-order valence-electron chi connectivity index (χ0n) is 17.4. The highest BCUT2D eigenvalue weighted by Gasteiger charge is 2.40. The lowest BCUT2D eigenvalue weighted by Gasteiger charge is -2.27. The Morgan fingerprint density at radius 1 is 1.03 bits per heavy atom. The van der Waals surface area contributed by atoms with Crippen LogP contribution in [0.15, 0.2) is 79.0 Å². The van der Waals surface area contributed by atoms with Gasteiger partial charge in [-0.25, -0.2) is 9.07 Å². The van der Waals surface area contributed by atoms with Crippen LogP contribution in [0.25, 0.3) is 16.6 Å². The smallest absolute Gasteiger partial charge is 0.471 e. The van der Waals surface area contributed by atoms with Crippen LogP contribution in [0.1, 0.15) is 18.6 Å². The summed E-state index contributed by atoms with van der Waals surface area (Å²) in [4.78, 5) is 11.5. The van der Waals surface area contributed by atoms with Crippen LogP contribution in [0.5, 0.6) is 5.75 Å². The summed E-state index contributed by atoms with van der Waals surface area (Å²) < 4.78 is 59.2. The van der Waals surface area contributed by atoms with Gasteiger partial charge in [-0.2, -0.15) is 18.3 Å². The number of carbonyl (C=O) groups is 1. The van der Waals surface area contributed by atoms with Crippen LogP contribution in [0.3, 0.4) is 0 Å². The second-order valence-corrected chi connectivity index (χ2v) is 7.46. The highest BCUT2D eigenvalue weighted by atomic mass is 19.4. The average Bonchev–Trinajstić information content (AvgIpc) is 3.21. The summed E-state index contributed by atoms with van der Waals surface area (Å²) in [6.45, 7) is 1.45. The van der Waals surface area contributed by atoms with Gasteiger partial charge in [0, 0.05) is 5.39 Å². The van der Waals surface area contributed by atoms with Gasteiger partial charge in [0.25, 0.3) is 0 Å². The minimum atomic E-state index is -5.00. The molecular weight excluding hydrogens is 438 g/mol. The fourth-order valence-electron chi connectivity index (χ4n) is 3.48. The number of halogens is 4. The maximum atomic E-state index is 13.2. The van der Waals surface area contributed by atoms with E-state index in [1.54, 1.807) is 71.5 Å². The molecule has 0 aliphatic carbocycles. The molecule has 0 bridgehead atoms. The second-order valence-electron chi connectivity index (χ2n) is 7.46. The van der Waals surface area contributed by atoms with Crippen molar-refractivity contribution >= 4 is 16.8 Å². The predicted molar refractivity (Wildman–Crippen MR) is 114 cm³/mol. The first kappa shape index (κ1) is 22.3. The van der Waals surface area contributed by atoms with E-state index in [0.29, 0.717) is 17.0 Å². The van der Waals surface area contributed by atoms with Crippen LogP contribution in [0.2, 0.25) is 0 Å². The number of rotatable bonds is 6. The van der Waals surface area contributed by atoms with E-state index in [-0.39, 0.29) is 5.82 Å². The van der Waals surface area contributed by atoms with Crippen LogP contribution >= 0.6 is 0 Å². The molecule has 9 heteroatoms. The number of amides is 1. The van der Waals surface area contributed by atoms with Gasteiger partial charge >= 0.3 is 12.1 Å². The first-order chi connectivity index (χ1) is 15.7. The molecule has 1 N–H and O–H groups in total. The maximum absolute atomic E-state index is 13.2. The van der Waals surface area contributed by atoms with Gasteiger partial charge in [0.05, 0.1) is 23.4 Å². The third kappa shape index (κ3) is 4.97. The molecule has 0 radical (unpaired) electrons. The number of nitrogens with zero attached hydrogens (tertiary/aromatic N) is 2. The molecule has 4 aromatic rings. The predicted octanol–water partition coefficient (Wildman–Crippen LogP) is 5.35.